The Bertz CT molecular complexity index is 390. The number of alkyl halides is 14. The van der Waals surface area contributed by atoms with E-state index in [1.807, 2.05) is 0 Å². The van der Waals surface area contributed by atoms with Crippen LogP contribution in [0.2, 0.25) is 0 Å². The van der Waals surface area contributed by atoms with Crippen LogP contribution in [0.1, 0.15) is 12.8 Å². The first kappa shape index (κ1) is 21.8. The zero-order valence-electron chi connectivity index (χ0n) is 9.71. The van der Waals surface area contributed by atoms with Gasteiger partial charge in [-0.1, -0.05) is 0 Å². The summed E-state index contributed by atoms with van der Waals surface area (Å²) in [6.07, 6.45) is -13.5. The van der Waals surface area contributed by atoms with E-state index in [-0.39, 0.29) is 22.6 Å². The normalized spacial score (nSPS) is 16.1. The van der Waals surface area contributed by atoms with Gasteiger partial charge in [-0.25, -0.2) is 8.78 Å². The molecule has 0 nitrogen and oxygen atoms in total. The number of rotatable bonds is 6. The van der Waals surface area contributed by atoms with E-state index in [1.54, 1.807) is 0 Å². The van der Waals surface area contributed by atoms with Gasteiger partial charge in [0.05, 0.1) is 12.8 Å². The minimum Gasteiger partial charge on any atom is -0.206 e. The Morgan fingerprint density at radius 1 is 0.545 bits per heavy atom. The van der Waals surface area contributed by atoms with Gasteiger partial charge in [0.2, 0.25) is 0 Å². The second-order valence-electron chi connectivity index (χ2n) is 4.18. The van der Waals surface area contributed by atoms with Gasteiger partial charge < -0.3 is 0 Å². The lowest BCUT2D eigenvalue weighted by Crippen LogP contribution is -2.62. The maximum absolute atomic E-state index is 12.8. The summed E-state index contributed by atoms with van der Waals surface area (Å²) in [7, 11) is 0. The minimum atomic E-state index is -7.34. The van der Waals surface area contributed by atoms with Crippen molar-refractivity contribution in [3.05, 3.63) is 0 Å². The molecule has 0 saturated carbocycles. The van der Waals surface area contributed by atoms with E-state index in [0.717, 1.165) is 0 Å². The molecular formula is C8H4F13I. The minimum absolute atomic E-state index is 0.0294. The molecule has 0 rings (SSSR count). The van der Waals surface area contributed by atoms with E-state index in [9.17, 15) is 57.1 Å². The van der Waals surface area contributed by atoms with Crippen LogP contribution >= 0.6 is 22.6 Å². The molecule has 134 valence electrons. The molecule has 0 spiro atoms. The van der Waals surface area contributed by atoms with Crippen molar-refractivity contribution in [1.29, 1.82) is 0 Å². The summed E-state index contributed by atoms with van der Waals surface area (Å²) in [5.41, 5.74) is 0. The van der Waals surface area contributed by atoms with Gasteiger partial charge in [-0.05, 0) is 22.6 Å². The van der Waals surface area contributed by atoms with Gasteiger partial charge in [0.1, 0.15) is 0 Å². The first-order chi connectivity index (χ1) is 9.16. The summed E-state index contributed by atoms with van der Waals surface area (Å²) in [6.45, 7) is 0. The van der Waals surface area contributed by atoms with E-state index in [2.05, 4.69) is 0 Å². The van der Waals surface area contributed by atoms with E-state index in [0.29, 0.717) is 0 Å². The largest absolute Gasteiger partial charge is 0.460 e. The quantitative estimate of drug-likeness (QED) is 0.256. The van der Waals surface area contributed by atoms with Crippen molar-refractivity contribution in [2.75, 3.05) is 0 Å². The van der Waals surface area contributed by atoms with Crippen LogP contribution in [-0.2, 0) is 0 Å². The zero-order chi connectivity index (χ0) is 18.4. The molecule has 22 heavy (non-hydrogen) atoms. The topological polar surface area (TPSA) is 0 Å². The monoisotopic (exact) mass is 474 g/mol. The third-order valence-electron chi connectivity index (χ3n) is 2.15. The van der Waals surface area contributed by atoms with Crippen LogP contribution in [0.15, 0.2) is 0 Å². The van der Waals surface area contributed by atoms with E-state index in [1.165, 1.54) is 0 Å². The van der Waals surface area contributed by atoms with Crippen LogP contribution in [0, 0.1) is 0 Å². The molecule has 0 unspecified atom stereocenters. The van der Waals surface area contributed by atoms with Crippen LogP contribution in [0.25, 0.3) is 0 Å². The van der Waals surface area contributed by atoms with Crippen LogP contribution in [0.4, 0.5) is 57.1 Å². The van der Waals surface area contributed by atoms with Crippen LogP contribution < -0.4 is 0 Å². The molecule has 0 atom stereocenters. The van der Waals surface area contributed by atoms with E-state index < -0.39 is 46.6 Å². The highest BCUT2D eigenvalue weighted by Crippen LogP contribution is 2.56. The number of hydrogen-bond donors (Lipinski definition) is 0. The van der Waals surface area contributed by atoms with Crippen molar-refractivity contribution in [2.45, 2.75) is 46.6 Å². The fourth-order valence-electron chi connectivity index (χ4n) is 1.20. The summed E-state index contributed by atoms with van der Waals surface area (Å²) in [5.74, 6) is -26.5. The lowest BCUT2D eigenvalue weighted by molar-refractivity contribution is -0.401. The lowest BCUT2D eigenvalue weighted by Gasteiger charge is -2.35. The van der Waals surface area contributed by atoms with Crippen molar-refractivity contribution in [3.63, 3.8) is 0 Å². The van der Waals surface area contributed by atoms with Crippen molar-refractivity contribution < 1.29 is 57.1 Å². The summed E-state index contributed by atoms with van der Waals surface area (Å²) in [6, 6.07) is 0. The van der Waals surface area contributed by atoms with Crippen molar-refractivity contribution >= 4 is 22.6 Å². The Balaban J connectivity index is 5.55. The first-order valence-corrected chi connectivity index (χ1v) is 5.89. The van der Waals surface area contributed by atoms with Crippen LogP contribution in [0.3, 0.4) is 0 Å². The molecule has 0 aromatic heterocycles. The fraction of sp³-hybridized carbons (Fsp3) is 1.00. The SMILES string of the molecule is FC(F)(I)CC(F)(F)CC(F)(F)C(F)(F)C(F)(F)C(F)(F)F. The molecular weight excluding hydrogens is 470 g/mol. The van der Waals surface area contributed by atoms with Gasteiger partial charge in [0, 0.05) is 0 Å². The number of halogens is 14. The second-order valence-corrected chi connectivity index (χ2v) is 5.75. The molecule has 0 aromatic carbocycles. The number of hydrogen-bond acceptors (Lipinski definition) is 0. The Hall–Kier alpha value is -0.180. The highest BCUT2D eigenvalue weighted by atomic mass is 127. The van der Waals surface area contributed by atoms with E-state index in [4.69, 9.17) is 0 Å². The molecule has 0 aromatic rings. The maximum atomic E-state index is 12.8. The van der Waals surface area contributed by atoms with Gasteiger partial charge in [0.25, 0.3) is 5.92 Å². The zero-order valence-corrected chi connectivity index (χ0v) is 11.9. The Kier molecular flexibility index (Phi) is 5.67. The molecule has 0 amide bonds. The smallest absolute Gasteiger partial charge is 0.206 e. The molecule has 14 heteroatoms. The second kappa shape index (κ2) is 5.72. The van der Waals surface area contributed by atoms with Crippen molar-refractivity contribution in [3.8, 4) is 0 Å². The van der Waals surface area contributed by atoms with Gasteiger partial charge in [0.15, 0.2) is 0 Å². The van der Waals surface area contributed by atoms with Crippen LogP contribution in [-0.4, -0.2) is 33.8 Å². The molecule has 0 heterocycles. The van der Waals surface area contributed by atoms with Crippen molar-refractivity contribution in [2.24, 2.45) is 0 Å². The Morgan fingerprint density at radius 2 is 0.909 bits per heavy atom. The predicted molar refractivity (Wildman–Crippen MR) is 54.0 cm³/mol. The highest BCUT2D eigenvalue weighted by molar-refractivity contribution is 14.1. The molecule has 0 N–H and O–H groups in total. The third kappa shape index (κ3) is 4.66. The third-order valence-corrected chi connectivity index (χ3v) is 2.53. The molecule has 0 aliphatic rings. The summed E-state index contributed by atoms with van der Waals surface area (Å²) < 4.78 is 157. The molecule has 0 bridgehead atoms. The van der Waals surface area contributed by atoms with Gasteiger partial charge >= 0.3 is 27.9 Å². The molecule has 0 aliphatic heterocycles. The Morgan fingerprint density at radius 3 is 1.18 bits per heavy atom. The Labute approximate surface area is 127 Å². The summed E-state index contributed by atoms with van der Waals surface area (Å²) >= 11 is 0.0294. The maximum Gasteiger partial charge on any atom is 0.460 e. The van der Waals surface area contributed by atoms with Crippen molar-refractivity contribution in [1.82, 2.24) is 0 Å². The lowest BCUT2D eigenvalue weighted by atomic mass is 9.97. The molecule has 0 radical (unpaired) electrons. The molecule has 0 fully saturated rings. The molecule has 0 aliphatic carbocycles. The van der Waals surface area contributed by atoms with Gasteiger partial charge in [-0.15, -0.1) is 0 Å². The highest BCUT2D eigenvalue weighted by Gasteiger charge is 2.82. The van der Waals surface area contributed by atoms with Gasteiger partial charge in [-0.2, -0.15) is 48.3 Å². The summed E-state index contributed by atoms with van der Waals surface area (Å²) in [5, 5.41) is 0. The molecule has 0 saturated heterocycles. The van der Waals surface area contributed by atoms with Crippen LogP contribution in [0.5, 0.6) is 0 Å². The van der Waals surface area contributed by atoms with Gasteiger partial charge in [-0.3, -0.25) is 0 Å². The van der Waals surface area contributed by atoms with E-state index >= 15 is 0 Å². The predicted octanol–water partition coefficient (Wildman–Crippen LogP) is 5.90. The summed E-state index contributed by atoms with van der Waals surface area (Å²) in [4.78, 5) is 0. The average molecular weight is 474 g/mol. The first-order valence-electron chi connectivity index (χ1n) is 4.81. The average Bonchev–Trinajstić information content (AvgIpc) is 2.08. The standard InChI is InChI=1S/C8H4F13I/c9-3(10,2-5(13,14)22)1-4(11,12)6(15,16)7(17,18)8(19,20)21/h1-2H2. The fourth-order valence-corrected chi connectivity index (χ4v) is 1.76.